The van der Waals surface area contributed by atoms with E-state index in [0.29, 0.717) is 6.42 Å². The largest absolute Gasteiger partial charge is 0.389 e. The maximum absolute atomic E-state index is 12.1. The maximum atomic E-state index is 12.1. The summed E-state index contributed by atoms with van der Waals surface area (Å²) < 4.78 is 36.4. The molecule has 1 aliphatic rings. The van der Waals surface area contributed by atoms with Gasteiger partial charge in [0.2, 0.25) is 0 Å². The molecule has 0 aliphatic carbocycles. The molecular formula is C15H20F3NS. The molecule has 2 atom stereocenters. The zero-order chi connectivity index (χ0) is 14.6. The Morgan fingerprint density at radius 1 is 1.35 bits per heavy atom. The van der Waals surface area contributed by atoms with Crippen LogP contribution in [-0.2, 0) is 0 Å². The van der Waals surface area contributed by atoms with Gasteiger partial charge in [0.1, 0.15) is 0 Å². The van der Waals surface area contributed by atoms with Gasteiger partial charge in [0.05, 0.1) is 0 Å². The fourth-order valence-corrected chi connectivity index (χ4v) is 3.68. The molecule has 1 N–H and O–H groups in total. The number of rotatable bonds is 5. The Balaban J connectivity index is 1.85. The molecule has 0 amide bonds. The molecule has 5 heteroatoms. The summed E-state index contributed by atoms with van der Waals surface area (Å²) in [5, 5.41) is 3.48. The highest BCUT2D eigenvalue weighted by molar-refractivity contribution is 7.99. The van der Waals surface area contributed by atoms with Crippen LogP contribution in [0.2, 0.25) is 0 Å². The van der Waals surface area contributed by atoms with Crippen molar-refractivity contribution in [2.75, 3.05) is 5.75 Å². The van der Waals surface area contributed by atoms with Crippen LogP contribution in [-0.4, -0.2) is 18.0 Å². The van der Waals surface area contributed by atoms with Gasteiger partial charge in [-0.25, -0.2) is 0 Å². The second-order valence-electron chi connectivity index (χ2n) is 5.30. The second kappa shape index (κ2) is 6.85. The van der Waals surface area contributed by atoms with Crippen molar-refractivity contribution in [3.63, 3.8) is 0 Å². The Morgan fingerprint density at radius 2 is 2.10 bits per heavy atom. The zero-order valence-electron chi connectivity index (χ0n) is 11.5. The number of benzene rings is 1. The van der Waals surface area contributed by atoms with Crippen LogP contribution in [0.1, 0.15) is 44.2 Å². The van der Waals surface area contributed by atoms with E-state index in [-0.39, 0.29) is 18.5 Å². The Hall–Kier alpha value is -0.680. The van der Waals surface area contributed by atoms with Crippen molar-refractivity contribution >= 4 is 11.8 Å². The Kier molecular flexibility index (Phi) is 5.38. The van der Waals surface area contributed by atoms with Crippen molar-refractivity contribution in [3.8, 4) is 0 Å². The van der Waals surface area contributed by atoms with Crippen molar-refractivity contribution in [3.05, 3.63) is 29.8 Å². The molecule has 2 unspecified atom stereocenters. The minimum atomic E-state index is -4.03. The van der Waals surface area contributed by atoms with Crippen molar-refractivity contribution in [1.29, 1.82) is 0 Å². The van der Waals surface area contributed by atoms with E-state index in [4.69, 9.17) is 0 Å². The third-order valence-corrected chi connectivity index (χ3v) is 4.66. The molecule has 0 saturated heterocycles. The summed E-state index contributed by atoms with van der Waals surface area (Å²) >= 11 is 1.85. The number of thioether (sulfide) groups is 1. The Labute approximate surface area is 122 Å². The molecule has 2 rings (SSSR count). The molecule has 0 aromatic heterocycles. The van der Waals surface area contributed by atoms with Crippen LogP contribution in [0.4, 0.5) is 13.2 Å². The summed E-state index contributed by atoms with van der Waals surface area (Å²) in [6.45, 7) is 1.97. The van der Waals surface area contributed by atoms with Gasteiger partial charge in [-0.15, -0.1) is 11.8 Å². The molecule has 0 bridgehead atoms. The lowest BCUT2D eigenvalue weighted by Gasteiger charge is -2.29. The molecular weight excluding hydrogens is 283 g/mol. The minimum Gasteiger partial charge on any atom is -0.307 e. The van der Waals surface area contributed by atoms with E-state index in [2.05, 4.69) is 17.4 Å². The van der Waals surface area contributed by atoms with Crippen LogP contribution >= 0.6 is 11.8 Å². The minimum absolute atomic E-state index is 0.110. The van der Waals surface area contributed by atoms with E-state index < -0.39 is 12.6 Å². The van der Waals surface area contributed by atoms with E-state index in [1.165, 1.54) is 10.5 Å². The average molecular weight is 303 g/mol. The van der Waals surface area contributed by atoms with Gasteiger partial charge in [-0.05, 0) is 43.6 Å². The van der Waals surface area contributed by atoms with Crippen LogP contribution in [0.25, 0.3) is 0 Å². The Morgan fingerprint density at radius 3 is 2.85 bits per heavy atom. The number of fused-ring (bicyclic) bond motifs is 1. The summed E-state index contributed by atoms with van der Waals surface area (Å²) in [6, 6.07) is 8.66. The van der Waals surface area contributed by atoms with Gasteiger partial charge < -0.3 is 5.32 Å². The van der Waals surface area contributed by atoms with Crippen molar-refractivity contribution < 1.29 is 13.2 Å². The van der Waals surface area contributed by atoms with Gasteiger partial charge in [0.15, 0.2) is 0 Å². The highest BCUT2D eigenvalue weighted by atomic mass is 32.2. The SMILES string of the molecule is CC(CCCC(F)(F)F)NC1CCSc2ccccc21. The van der Waals surface area contributed by atoms with E-state index in [9.17, 15) is 13.2 Å². The van der Waals surface area contributed by atoms with Gasteiger partial charge in [0, 0.05) is 23.4 Å². The van der Waals surface area contributed by atoms with E-state index >= 15 is 0 Å². The van der Waals surface area contributed by atoms with Crippen LogP contribution < -0.4 is 5.32 Å². The first kappa shape index (κ1) is 15.7. The predicted molar refractivity (Wildman–Crippen MR) is 77.0 cm³/mol. The summed E-state index contributed by atoms with van der Waals surface area (Å²) in [5.41, 5.74) is 1.28. The number of hydrogen-bond acceptors (Lipinski definition) is 2. The molecule has 112 valence electrons. The molecule has 1 nitrogen and oxygen atoms in total. The predicted octanol–water partition coefficient (Wildman–Crippen LogP) is 4.93. The van der Waals surface area contributed by atoms with Crippen molar-refractivity contribution in [2.45, 2.75) is 55.8 Å². The number of alkyl halides is 3. The lowest BCUT2D eigenvalue weighted by Crippen LogP contribution is -2.32. The summed E-state index contributed by atoms with van der Waals surface area (Å²) in [4.78, 5) is 1.29. The first-order valence-corrected chi connectivity index (χ1v) is 7.99. The van der Waals surface area contributed by atoms with Crippen LogP contribution in [0.15, 0.2) is 29.2 Å². The highest BCUT2D eigenvalue weighted by Gasteiger charge is 2.27. The number of hydrogen-bond donors (Lipinski definition) is 1. The molecule has 0 radical (unpaired) electrons. The summed E-state index contributed by atoms with van der Waals surface area (Å²) in [5.74, 6) is 1.06. The van der Waals surface area contributed by atoms with Gasteiger partial charge >= 0.3 is 6.18 Å². The second-order valence-corrected chi connectivity index (χ2v) is 6.44. The van der Waals surface area contributed by atoms with Crippen molar-refractivity contribution in [2.24, 2.45) is 0 Å². The molecule has 1 heterocycles. The third-order valence-electron chi connectivity index (χ3n) is 3.54. The lowest BCUT2D eigenvalue weighted by atomic mass is 10.0. The third kappa shape index (κ3) is 4.70. The fraction of sp³-hybridized carbons (Fsp3) is 0.600. The highest BCUT2D eigenvalue weighted by Crippen LogP contribution is 2.36. The average Bonchev–Trinajstić information content (AvgIpc) is 2.37. The Bertz CT molecular complexity index is 433. The van der Waals surface area contributed by atoms with Crippen LogP contribution in [0, 0.1) is 0 Å². The standard InChI is InChI=1S/C15H20F3NS/c1-11(5-4-9-15(16,17)18)19-13-8-10-20-14-7-3-2-6-12(13)14/h2-3,6-7,11,13,19H,4-5,8-10H2,1H3. The zero-order valence-corrected chi connectivity index (χ0v) is 12.4. The maximum Gasteiger partial charge on any atom is 0.389 e. The molecule has 0 spiro atoms. The van der Waals surface area contributed by atoms with Gasteiger partial charge in [-0.3, -0.25) is 0 Å². The monoisotopic (exact) mass is 303 g/mol. The summed E-state index contributed by atoms with van der Waals surface area (Å²) in [6.07, 6.45) is -2.93. The molecule has 0 fully saturated rings. The van der Waals surface area contributed by atoms with Gasteiger partial charge in [-0.1, -0.05) is 18.2 Å². The fourth-order valence-electron chi connectivity index (χ4n) is 2.55. The lowest BCUT2D eigenvalue weighted by molar-refractivity contribution is -0.135. The molecule has 1 aromatic rings. The van der Waals surface area contributed by atoms with E-state index in [1.807, 2.05) is 30.8 Å². The first-order valence-electron chi connectivity index (χ1n) is 7.00. The first-order chi connectivity index (χ1) is 9.46. The number of halogens is 3. The smallest absolute Gasteiger partial charge is 0.307 e. The molecule has 0 saturated carbocycles. The van der Waals surface area contributed by atoms with Crippen molar-refractivity contribution in [1.82, 2.24) is 5.32 Å². The normalized spacial score (nSPS) is 20.5. The number of nitrogens with one attached hydrogen (secondary N) is 1. The van der Waals surface area contributed by atoms with E-state index in [1.54, 1.807) is 0 Å². The molecule has 1 aromatic carbocycles. The summed E-state index contributed by atoms with van der Waals surface area (Å²) in [7, 11) is 0. The van der Waals surface area contributed by atoms with E-state index in [0.717, 1.165) is 12.2 Å². The topological polar surface area (TPSA) is 12.0 Å². The molecule has 1 aliphatic heterocycles. The quantitative estimate of drug-likeness (QED) is 0.827. The molecule has 20 heavy (non-hydrogen) atoms. The van der Waals surface area contributed by atoms with Gasteiger partial charge in [-0.2, -0.15) is 13.2 Å². The van der Waals surface area contributed by atoms with Gasteiger partial charge in [0.25, 0.3) is 0 Å². The van der Waals surface area contributed by atoms with Crippen LogP contribution in [0.3, 0.4) is 0 Å². The van der Waals surface area contributed by atoms with Crippen LogP contribution in [0.5, 0.6) is 0 Å².